The molecule has 11 nitrogen and oxygen atoms in total. The number of amides is 1. The number of hydrogen-bond donors (Lipinski definition) is 0. The Balaban J connectivity index is 1.66. The molecule has 1 aliphatic heterocycles. The first kappa shape index (κ1) is 26.3. The van der Waals surface area contributed by atoms with E-state index in [4.69, 9.17) is 4.74 Å². The monoisotopic (exact) mass is 540 g/mol. The summed E-state index contributed by atoms with van der Waals surface area (Å²) in [5.41, 5.74) is -4.68. The fourth-order valence-corrected chi connectivity index (χ4v) is 4.58. The van der Waals surface area contributed by atoms with Crippen molar-refractivity contribution in [1.29, 1.82) is 5.26 Å². The van der Waals surface area contributed by atoms with Gasteiger partial charge in [0, 0.05) is 36.1 Å². The molecule has 3 aromatic heterocycles. The van der Waals surface area contributed by atoms with Gasteiger partial charge in [0.1, 0.15) is 17.1 Å². The molecule has 1 atom stereocenters. The van der Waals surface area contributed by atoms with Crippen molar-refractivity contribution < 1.29 is 35.3 Å². The van der Waals surface area contributed by atoms with E-state index in [9.17, 15) is 31.6 Å². The largest absolute Gasteiger partial charge is 0.534 e. The Kier molecular flexibility index (Phi) is 7.05. The van der Waals surface area contributed by atoms with Crippen LogP contribution in [0.4, 0.5) is 18.0 Å². The number of nitrogens with zero attached hydrogens (tertiary/aromatic N) is 6. The molecular weight excluding hydrogens is 517 g/mol. The highest BCUT2D eigenvalue weighted by Crippen LogP contribution is 2.36. The Hall–Kier alpha value is -3.80. The zero-order valence-corrected chi connectivity index (χ0v) is 20.7. The lowest BCUT2D eigenvalue weighted by atomic mass is 10.1. The molecule has 1 aliphatic rings. The number of ether oxygens (including phenoxy) is 1. The molecule has 1 fully saturated rings. The molecule has 0 bridgehead atoms. The molecule has 3 aromatic rings. The highest BCUT2D eigenvalue weighted by Gasteiger charge is 2.49. The van der Waals surface area contributed by atoms with Crippen molar-refractivity contribution in [3.05, 3.63) is 35.9 Å². The maximum absolute atomic E-state index is 13.0. The predicted octanol–water partition coefficient (Wildman–Crippen LogP) is 3.79. The molecule has 0 radical (unpaired) electrons. The van der Waals surface area contributed by atoms with Crippen molar-refractivity contribution in [2.75, 3.05) is 19.7 Å². The van der Waals surface area contributed by atoms with Crippen LogP contribution in [0.1, 0.15) is 43.5 Å². The predicted molar refractivity (Wildman–Crippen MR) is 123 cm³/mol. The first-order valence-electron chi connectivity index (χ1n) is 11.3. The normalized spacial score (nSPS) is 16.2. The van der Waals surface area contributed by atoms with Crippen molar-refractivity contribution in [1.82, 2.24) is 24.3 Å². The lowest BCUT2D eigenvalue weighted by Gasteiger charge is -2.17. The zero-order valence-electron chi connectivity index (χ0n) is 19.9. The molecule has 0 saturated carbocycles. The number of carbonyl (C=O) groups is 1. The van der Waals surface area contributed by atoms with Crippen LogP contribution in [0.3, 0.4) is 0 Å². The van der Waals surface area contributed by atoms with Gasteiger partial charge in [-0.1, -0.05) is 13.3 Å². The van der Waals surface area contributed by atoms with Crippen molar-refractivity contribution in [2.45, 2.75) is 44.7 Å². The third kappa shape index (κ3) is 5.06. The molecule has 1 saturated heterocycles. The van der Waals surface area contributed by atoms with Crippen LogP contribution in [0, 0.1) is 18.3 Å². The smallest absolute Gasteiger partial charge is 0.449 e. The molecule has 15 heteroatoms. The highest BCUT2D eigenvalue weighted by atomic mass is 32.2. The van der Waals surface area contributed by atoms with Gasteiger partial charge in [0.25, 0.3) is 0 Å². The van der Waals surface area contributed by atoms with Crippen LogP contribution in [-0.4, -0.2) is 64.0 Å². The topological polar surface area (TPSA) is 132 Å². The van der Waals surface area contributed by atoms with Crippen LogP contribution in [0.2, 0.25) is 0 Å². The van der Waals surface area contributed by atoms with Crippen molar-refractivity contribution >= 4 is 21.7 Å². The molecule has 0 aromatic carbocycles. The molecule has 0 N–H and O–H groups in total. The number of aromatic nitrogens is 4. The van der Waals surface area contributed by atoms with E-state index in [0.29, 0.717) is 37.4 Å². The molecule has 4 heterocycles. The van der Waals surface area contributed by atoms with Gasteiger partial charge in [-0.3, -0.25) is 4.68 Å². The summed E-state index contributed by atoms with van der Waals surface area (Å²) in [5.74, 6) is -0.696. The Labute approximate surface area is 210 Å². The van der Waals surface area contributed by atoms with E-state index in [0.717, 1.165) is 29.6 Å². The lowest BCUT2D eigenvalue weighted by molar-refractivity contribution is -0.0499. The van der Waals surface area contributed by atoms with Gasteiger partial charge in [-0.15, -0.1) is 0 Å². The maximum atomic E-state index is 13.0. The van der Waals surface area contributed by atoms with E-state index >= 15 is 0 Å². The van der Waals surface area contributed by atoms with Gasteiger partial charge < -0.3 is 13.8 Å². The second kappa shape index (κ2) is 9.92. The first-order chi connectivity index (χ1) is 17.5. The van der Waals surface area contributed by atoms with E-state index in [-0.39, 0.29) is 22.7 Å². The number of hydrogen-bond acceptors (Lipinski definition) is 8. The minimum Gasteiger partial charge on any atom is -0.449 e. The lowest BCUT2D eigenvalue weighted by Crippen LogP contribution is -2.30. The maximum Gasteiger partial charge on any atom is 0.534 e. The molecular formula is C22H23F3N6O5S. The number of fused-ring (bicyclic) bond motifs is 1. The summed E-state index contributed by atoms with van der Waals surface area (Å²) in [7, 11) is -6.01. The Morgan fingerprint density at radius 3 is 2.73 bits per heavy atom. The minimum atomic E-state index is -6.01. The van der Waals surface area contributed by atoms with Crippen molar-refractivity contribution in [3.8, 4) is 22.9 Å². The highest BCUT2D eigenvalue weighted by molar-refractivity contribution is 7.88. The number of pyridine rings is 1. The molecule has 37 heavy (non-hydrogen) atoms. The van der Waals surface area contributed by atoms with E-state index in [1.165, 1.54) is 12.4 Å². The molecule has 0 aliphatic carbocycles. The quantitative estimate of drug-likeness (QED) is 0.251. The summed E-state index contributed by atoms with van der Waals surface area (Å²) in [6, 6.07) is 2.70. The molecule has 0 unspecified atom stereocenters. The Morgan fingerprint density at radius 2 is 2.05 bits per heavy atom. The number of nitriles is 1. The Morgan fingerprint density at radius 1 is 1.30 bits per heavy atom. The van der Waals surface area contributed by atoms with Crippen LogP contribution in [0.25, 0.3) is 16.6 Å². The van der Waals surface area contributed by atoms with Crippen LogP contribution in [0.5, 0.6) is 5.75 Å². The van der Waals surface area contributed by atoms with Gasteiger partial charge >= 0.3 is 21.7 Å². The van der Waals surface area contributed by atoms with Crippen LogP contribution in [0.15, 0.2) is 24.7 Å². The van der Waals surface area contributed by atoms with Crippen molar-refractivity contribution in [3.63, 3.8) is 0 Å². The summed E-state index contributed by atoms with van der Waals surface area (Å²) in [6.07, 6.45) is 5.91. The SMILES string of the molecule is CCCCOC(=O)N1CC[C@@H](n2ncc(-c3cc(OS(=O)(=O)C(F)(F)F)c4c(C#N)cnn4c3)c2C)C1. The van der Waals surface area contributed by atoms with Crippen LogP contribution < -0.4 is 4.18 Å². The second-order valence-corrected chi connectivity index (χ2v) is 10.0. The number of unbranched alkanes of at least 4 members (excludes halogenated alkanes) is 1. The first-order valence-corrected chi connectivity index (χ1v) is 12.8. The summed E-state index contributed by atoms with van der Waals surface area (Å²) in [6.45, 7) is 4.93. The van der Waals surface area contributed by atoms with E-state index < -0.39 is 27.5 Å². The van der Waals surface area contributed by atoms with Gasteiger partial charge in [0.15, 0.2) is 5.75 Å². The van der Waals surface area contributed by atoms with Crippen LogP contribution >= 0.6 is 0 Å². The standard InChI is InChI=1S/C22H23F3N6O5S/c1-3-4-7-35-21(32)29-6-5-17(13-29)31-14(2)18(11-28-31)15-8-19(36-37(33,34)22(23,24)25)20-16(9-26)10-27-30(20)12-15/h8,10-12,17H,3-7,13H2,1-2H3/t17-/m1/s1. The number of halogens is 3. The van der Waals surface area contributed by atoms with Gasteiger partial charge in [-0.25, -0.2) is 9.31 Å². The number of rotatable bonds is 7. The van der Waals surface area contributed by atoms with Crippen LogP contribution in [-0.2, 0) is 14.9 Å². The average molecular weight is 541 g/mol. The number of likely N-dealkylation sites (tertiary alicyclic amines) is 1. The fraction of sp³-hybridized carbons (Fsp3) is 0.455. The number of alkyl halides is 3. The molecule has 1 amide bonds. The van der Waals surface area contributed by atoms with Gasteiger partial charge in [-0.2, -0.15) is 37.0 Å². The van der Waals surface area contributed by atoms with Gasteiger partial charge in [0.05, 0.1) is 25.0 Å². The van der Waals surface area contributed by atoms with E-state index in [1.807, 2.05) is 6.92 Å². The molecule has 198 valence electrons. The fourth-order valence-electron chi connectivity index (χ4n) is 4.12. The molecule has 4 rings (SSSR count). The zero-order chi connectivity index (χ0) is 27.0. The Bertz CT molecular complexity index is 1470. The second-order valence-electron chi connectivity index (χ2n) is 8.48. The van der Waals surface area contributed by atoms with E-state index in [1.54, 1.807) is 22.6 Å². The third-order valence-electron chi connectivity index (χ3n) is 6.03. The summed E-state index contributed by atoms with van der Waals surface area (Å²) in [5, 5.41) is 17.7. The summed E-state index contributed by atoms with van der Waals surface area (Å²) < 4.78 is 75.0. The van der Waals surface area contributed by atoms with Gasteiger partial charge in [-0.05, 0) is 25.8 Å². The summed E-state index contributed by atoms with van der Waals surface area (Å²) >= 11 is 0. The third-order valence-corrected chi connectivity index (χ3v) is 6.99. The van der Waals surface area contributed by atoms with Crippen molar-refractivity contribution in [2.24, 2.45) is 0 Å². The minimum absolute atomic E-state index is 0.160. The average Bonchev–Trinajstić information content (AvgIpc) is 3.56. The summed E-state index contributed by atoms with van der Waals surface area (Å²) in [4.78, 5) is 13.9. The number of carbonyl (C=O) groups excluding carboxylic acids is 1. The van der Waals surface area contributed by atoms with E-state index in [2.05, 4.69) is 14.4 Å². The van der Waals surface area contributed by atoms with Gasteiger partial charge in [0.2, 0.25) is 0 Å². The molecule has 0 spiro atoms.